The Morgan fingerprint density at radius 1 is 1.62 bits per heavy atom. The molecule has 0 bridgehead atoms. The topological polar surface area (TPSA) is 55.1 Å². The van der Waals surface area contributed by atoms with Crippen molar-refractivity contribution in [3.8, 4) is 0 Å². The van der Waals surface area contributed by atoms with Crippen molar-refractivity contribution in [2.24, 2.45) is 5.73 Å². The molecule has 1 unspecified atom stereocenters. The van der Waals surface area contributed by atoms with Gasteiger partial charge in [-0.05, 0) is 32.6 Å². The van der Waals surface area contributed by atoms with Crippen LogP contribution in [0.1, 0.15) is 46.0 Å². The molecule has 0 heterocycles. The number of amides is 1. The highest BCUT2D eigenvalue weighted by Crippen LogP contribution is 2.30. The zero-order chi connectivity index (χ0) is 9.90. The summed E-state index contributed by atoms with van der Waals surface area (Å²) in [5.74, 6) is 0.0176. The summed E-state index contributed by atoms with van der Waals surface area (Å²) >= 11 is 0. The fraction of sp³-hybridized carbons (Fsp3) is 0.900. The average Bonchev–Trinajstić information content (AvgIpc) is 2.02. The molecule has 0 saturated heterocycles. The maximum Gasteiger partial charge on any atom is 0.237 e. The predicted octanol–water partition coefficient (Wildman–Crippen LogP) is 1.17. The number of nitrogens with one attached hydrogen (secondary N) is 1. The van der Waals surface area contributed by atoms with E-state index in [-0.39, 0.29) is 17.5 Å². The SMILES string of the molecule is CCCC(N)C(=O)NC1(C)CCC1. The first-order valence-electron chi connectivity index (χ1n) is 5.15. The van der Waals surface area contributed by atoms with Gasteiger partial charge in [0, 0.05) is 5.54 Å². The van der Waals surface area contributed by atoms with Gasteiger partial charge in [-0.15, -0.1) is 0 Å². The van der Waals surface area contributed by atoms with E-state index in [9.17, 15) is 4.79 Å². The zero-order valence-electron chi connectivity index (χ0n) is 8.60. The largest absolute Gasteiger partial charge is 0.350 e. The van der Waals surface area contributed by atoms with Crippen LogP contribution in [0.4, 0.5) is 0 Å². The molecule has 0 radical (unpaired) electrons. The van der Waals surface area contributed by atoms with Crippen LogP contribution in [0.2, 0.25) is 0 Å². The highest BCUT2D eigenvalue weighted by molar-refractivity contribution is 5.82. The second-order valence-electron chi connectivity index (χ2n) is 4.30. The molecule has 13 heavy (non-hydrogen) atoms. The highest BCUT2D eigenvalue weighted by Gasteiger charge is 2.34. The van der Waals surface area contributed by atoms with E-state index in [4.69, 9.17) is 5.73 Å². The Hall–Kier alpha value is -0.570. The second kappa shape index (κ2) is 4.09. The summed E-state index contributed by atoms with van der Waals surface area (Å²) in [5.41, 5.74) is 5.75. The van der Waals surface area contributed by atoms with Crippen LogP contribution >= 0.6 is 0 Å². The van der Waals surface area contributed by atoms with E-state index in [0.29, 0.717) is 0 Å². The van der Waals surface area contributed by atoms with Gasteiger partial charge in [0.25, 0.3) is 0 Å². The Bertz CT molecular complexity index is 187. The number of hydrogen-bond acceptors (Lipinski definition) is 2. The Balaban J connectivity index is 2.31. The molecule has 0 spiro atoms. The molecule has 3 nitrogen and oxygen atoms in total. The van der Waals surface area contributed by atoms with Gasteiger partial charge in [0.15, 0.2) is 0 Å². The molecule has 3 heteroatoms. The maximum absolute atomic E-state index is 11.5. The van der Waals surface area contributed by atoms with Gasteiger partial charge in [0.2, 0.25) is 5.91 Å². The van der Waals surface area contributed by atoms with Crippen LogP contribution in [-0.4, -0.2) is 17.5 Å². The quantitative estimate of drug-likeness (QED) is 0.689. The molecular formula is C10H20N2O. The van der Waals surface area contributed by atoms with Gasteiger partial charge in [-0.1, -0.05) is 13.3 Å². The first kappa shape index (κ1) is 10.5. The Morgan fingerprint density at radius 2 is 2.23 bits per heavy atom. The summed E-state index contributed by atoms with van der Waals surface area (Å²) in [6.07, 6.45) is 5.15. The molecule has 76 valence electrons. The molecule has 1 aliphatic carbocycles. The number of hydrogen-bond donors (Lipinski definition) is 2. The van der Waals surface area contributed by atoms with Crippen molar-refractivity contribution in [3.05, 3.63) is 0 Å². The van der Waals surface area contributed by atoms with Gasteiger partial charge < -0.3 is 11.1 Å². The van der Waals surface area contributed by atoms with E-state index in [1.807, 2.05) is 6.92 Å². The molecule has 1 amide bonds. The lowest BCUT2D eigenvalue weighted by Gasteiger charge is -2.39. The Kier molecular flexibility index (Phi) is 3.31. The van der Waals surface area contributed by atoms with E-state index in [0.717, 1.165) is 25.7 Å². The van der Waals surface area contributed by atoms with Crippen LogP contribution < -0.4 is 11.1 Å². The smallest absolute Gasteiger partial charge is 0.237 e. The fourth-order valence-electron chi connectivity index (χ4n) is 1.66. The number of carbonyl (C=O) groups is 1. The van der Waals surface area contributed by atoms with Gasteiger partial charge in [0.1, 0.15) is 0 Å². The van der Waals surface area contributed by atoms with Gasteiger partial charge in [-0.2, -0.15) is 0 Å². The van der Waals surface area contributed by atoms with Gasteiger partial charge in [-0.3, -0.25) is 4.79 Å². The molecule has 1 saturated carbocycles. The third-order valence-electron chi connectivity index (χ3n) is 2.82. The van der Waals surface area contributed by atoms with Gasteiger partial charge in [0.05, 0.1) is 6.04 Å². The molecule has 0 aromatic carbocycles. The maximum atomic E-state index is 11.5. The number of carbonyl (C=O) groups excluding carboxylic acids is 1. The van der Waals surface area contributed by atoms with Crippen LogP contribution in [0.15, 0.2) is 0 Å². The summed E-state index contributed by atoms with van der Waals surface area (Å²) in [7, 11) is 0. The molecule has 0 aromatic heterocycles. The van der Waals surface area contributed by atoms with Crippen LogP contribution in [-0.2, 0) is 4.79 Å². The molecule has 3 N–H and O–H groups in total. The van der Waals surface area contributed by atoms with Crippen molar-refractivity contribution in [2.75, 3.05) is 0 Å². The number of nitrogens with two attached hydrogens (primary N) is 1. The van der Waals surface area contributed by atoms with Crippen molar-refractivity contribution in [1.29, 1.82) is 0 Å². The third-order valence-corrected chi connectivity index (χ3v) is 2.82. The summed E-state index contributed by atoms with van der Waals surface area (Å²) < 4.78 is 0. The monoisotopic (exact) mass is 184 g/mol. The summed E-state index contributed by atoms with van der Waals surface area (Å²) in [5, 5.41) is 3.01. The molecule has 0 aliphatic heterocycles. The lowest BCUT2D eigenvalue weighted by atomic mass is 9.78. The van der Waals surface area contributed by atoms with Crippen molar-refractivity contribution < 1.29 is 4.79 Å². The van der Waals surface area contributed by atoms with E-state index in [1.54, 1.807) is 0 Å². The first-order valence-corrected chi connectivity index (χ1v) is 5.15. The predicted molar refractivity (Wildman–Crippen MR) is 53.3 cm³/mol. The van der Waals surface area contributed by atoms with Gasteiger partial charge in [-0.25, -0.2) is 0 Å². The van der Waals surface area contributed by atoms with Crippen molar-refractivity contribution in [1.82, 2.24) is 5.32 Å². The first-order chi connectivity index (χ1) is 6.07. The molecular weight excluding hydrogens is 164 g/mol. The average molecular weight is 184 g/mol. The molecule has 1 atom stereocenters. The second-order valence-corrected chi connectivity index (χ2v) is 4.30. The van der Waals surface area contributed by atoms with Crippen molar-refractivity contribution >= 4 is 5.91 Å². The Morgan fingerprint density at radius 3 is 2.62 bits per heavy atom. The highest BCUT2D eigenvalue weighted by atomic mass is 16.2. The lowest BCUT2D eigenvalue weighted by Crippen LogP contribution is -2.55. The fourth-order valence-corrected chi connectivity index (χ4v) is 1.66. The molecule has 1 rings (SSSR count). The van der Waals surface area contributed by atoms with Crippen molar-refractivity contribution in [3.63, 3.8) is 0 Å². The minimum Gasteiger partial charge on any atom is -0.350 e. The summed E-state index contributed by atoms with van der Waals surface area (Å²) in [4.78, 5) is 11.5. The lowest BCUT2D eigenvalue weighted by molar-refractivity contribution is -0.125. The zero-order valence-corrected chi connectivity index (χ0v) is 8.60. The summed E-state index contributed by atoms with van der Waals surface area (Å²) in [6, 6.07) is -0.317. The van der Waals surface area contributed by atoms with Crippen molar-refractivity contribution in [2.45, 2.75) is 57.5 Å². The van der Waals surface area contributed by atoms with Crippen LogP contribution in [0.5, 0.6) is 0 Å². The standard InChI is InChI=1S/C10H20N2O/c1-3-5-8(11)9(13)12-10(2)6-4-7-10/h8H,3-7,11H2,1-2H3,(H,12,13). The van der Waals surface area contributed by atoms with E-state index in [2.05, 4.69) is 12.2 Å². The van der Waals surface area contributed by atoms with E-state index < -0.39 is 0 Å². The van der Waals surface area contributed by atoms with E-state index >= 15 is 0 Å². The van der Waals surface area contributed by atoms with Gasteiger partial charge >= 0.3 is 0 Å². The van der Waals surface area contributed by atoms with Crippen LogP contribution in [0.3, 0.4) is 0 Å². The summed E-state index contributed by atoms with van der Waals surface area (Å²) in [6.45, 7) is 4.13. The van der Waals surface area contributed by atoms with Crippen LogP contribution in [0.25, 0.3) is 0 Å². The minimum atomic E-state index is -0.317. The number of rotatable bonds is 4. The molecule has 0 aromatic rings. The molecule has 1 fully saturated rings. The minimum absolute atomic E-state index is 0.0176. The third kappa shape index (κ3) is 2.69. The Labute approximate surface area is 80.1 Å². The van der Waals surface area contributed by atoms with Crippen LogP contribution in [0, 0.1) is 0 Å². The molecule has 1 aliphatic rings. The van der Waals surface area contributed by atoms with E-state index in [1.165, 1.54) is 6.42 Å². The normalized spacial score (nSPS) is 21.8.